The van der Waals surface area contributed by atoms with Gasteiger partial charge in [-0.25, -0.2) is 0 Å². The Hall–Kier alpha value is -0.820. The number of halogens is 3. The molecule has 1 fully saturated rings. The topological polar surface area (TPSA) is 58.6 Å². The van der Waals surface area contributed by atoms with Crippen molar-refractivity contribution in [3.63, 3.8) is 0 Å². The average molecular weight is 241 g/mol. The summed E-state index contributed by atoms with van der Waals surface area (Å²) in [5.41, 5.74) is -1.06. The number of aliphatic hydroxyl groups excluding tert-OH is 1. The third-order valence-electron chi connectivity index (χ3n) is 2.53. The molecule has 2 atom stereocenters. The summed E-state index contributed by atoms with van der Waals surface area (Å²) in [4.78, 5) is 11.5. The summed E-state index contributed by atoms with van der Waals surface area (Å²) < 4.78 is 41.0. The van der Waals surface area contributed by atoms with Crippen LogP contribution in [-0.4, -0.2) is 42.0 Å². The van der Waals surface area contributed by atoms with Gasteiger partial charge in [0.15, 0.2) is 6.10 Å². The minimum absolute atomic E-state index is 0.422. The van der Waals surface area contributed by atoms with E-state index in [-0.39, 0.29) is 0 Å². The molecule has 16 heavy (non-hydrogen) atoms. The van der Waals surface area contributed by atoms with Crippen LogP contribution in [0.4, 0.5) is 13.2 Å². The lowest BCUT2D eigenvalue weighted by molar-refractivity contribution is -0.202. The number of amides is 1. The van der Waals surface area contributed by atoms with Crippen LogP contribution in [0.1, 0.15) is 19.8 Å². The Balaban J connectivity index is 2.41. The molecule has 1 saturated heterocycles. The Morgan fingerprint density at radius 1 is 1.62 bits per heavy atom. The minimum Gasteiger partial charge on any atom is -0.382 e. The summed E-state index contributed by atoms with van der Waals surface area (Å²) in [6.45, 7) is 1.10. The fraction of sp³-hybridized carbons (Fsp3) is 0.889. The number of nitrogens with one attached hydrogen (secondary N) is 1. The molecule has 0 spiro atoms. The van der Waals surface area contributed by atoms with Crippen LogP contribution in [0.25, 0.3) is 0 Å². The van der Waals surface area contributed by atoms with Gasteiger partial charge in [0.2, 0.25) is 0 Å². The Morgan fingerprint density at radius 3 is 2.69 bits per heavy atom. The normalized spacial score (nSPS) is 27.8. The monoisotopic (exact) mass is 241 g/mol. The van der Waals surface area contributed by atoms with Gasteiger partial charge in [-0.15, -0.1) is 0 Å². The zero-order valence-electron chi connectivity index (χ0n) is 8.80. The highest BCUT2D eigenvalue weighted by Crippen LogP contribution is 2.25. The third-order valence-corrected chi connectivity index (χ3v) is 2.53. The van der Waals surface area contributed by atoms with Crippen molar-refractivity contribution >= 4 is 5.91 Å². The van der Waals surface area contributed by atoms with Crippen molar-refractivity contribution in [3.8, 4) is 0 Å². The molecule has 1 amide bonds. The van der Waals surface area contributed by atoms with E-state index >= 15 is 0 Å². The molecule has 0 aromatic rings. The molecule has 2 N–H and O–H groups in total. The van der Waals surface area contributed by atoms with Gasteiger partial charge in [-0.05, 0) is 19.8 Å². The summed E-state index contributed by atoms with van der Waals surface area (Å²) >= 11 is 0. The van der Waals surface area contributed by atoms with E-state index in [1.54, 1.807) is 0 Å². The highest BCUT2D eigenvalue weighted by atomic mass is 19.4. The lowest BCUT2D eigenvalue weighted by Gasteiger charge is -2.23. The van der Waals surface area contributed by atoms with E-state index in [9.17, 15) is 18.0 Å². The number of ether oxygens (including phenoxy) is 1. The Labute approximate surface area is 90.8 Å². The van der Waals surface area contributed by atoms with E-state index in [2.05, 4.69) is 0 Å². The fourth-order valence-corrected chi connectivity index (χ4v) is 1.45. The summed E-state index contributed by atoms with van der Waals surface area (Å²) in [6, 6.07) is 0. The molecule has 4 nitrogen and oxygen atoms in total. The molecule has 7 heteroatoms. The molecule has 0 aromatic carbocycles. The summed E-state index contributed by atoms with van der Waals surface area (Å²) in [7, 11) is 0. The van der Waals surface area contributed by atoms with E-state index in [1.807, 2.05) is 5.32 Å². The Kier molecular flexibility index (Phi) is 3.80. The number of carbonyl (C=O) groups excluding carboxylic acids is 1. The van der Waals surface area contributed by atoms with Crippen molar-refractivity contribution in [2.24, 2.45) is 0 Å². The molecular formula is C9H14F3NO3. The van der Waals surface area contributed by atoms with Gasteiger partial charge < -0.3 is 15.2 Å². The minimum atomic E-state index is -4.72. The first-order valence-corrected chi connectivity index (χ1v) is 4.93. The van der Waals surface area contributed by atoms with Gasteiger partial charge >= 0.3 is 6.18 Å². The summed E-state index contributed by atoms with van der Waals surface area (Å²) in [6.07, 6.45) is -6.08. The van der Waals surface area contributed by atoms with Crippen molar-refractivity contribution in [3.05, 3.63) is 0 Å². The van der Waals surface area contributed by atoms with Crippen LogP contribution in [0.2, 0.25) is 0 Å². The molecule has 0 saturated carbocycles. The van der Waals surface area contributed by atoms with Crippen molar-refractivity contribution in [1.29, 1.82) is 0 Å². The summed E-state index contributed by atoms with van der Waals surface area (Å²) in [5, 5.41) is 10.7. The predicted octanol–water partition coefficient (Wildman–Crippen LogP) is 0.595. The maximum atomic E-state index is 11.9. The lowest BCUT2D eigenvalue weighted by Crippen LogP contribution is -2.48. The molecular weight excluding hydrogens is 227 g/mol. The molecule has 1 aliphatic heterocycles. The molecule has 2 unspecified atom stereocenters. The van der Waals surface area contributed by atoms with Gasteiger partial charge in [0.1, 0.15) is 5.60 Å². The Bertz CT molecular complexity index is 261. The fourth-order valence-electron chi connectivity index (χ4n) is 1.45. The van der Waals surface area contributed by atoms with E-state index in [0.717, 1.165) is 0 Å². The highest BCUT2D eigenvalue weighted by molar-refractivity contribution is 5.85. The van der Waals surface area contributed by atoms with Crippen LogP contribution < -0.4 is 5.32 Å². The van der Waals surface area contributed by atoms with Crippen molar-refractivity contribution in [2.75, 3.05) is 13.2 Å². The molecule has 0 aromatic heterocycles. The lowest BCUT2D eigenvalue weighted by atomic mass is 10.0. The van der Waals surface area contributed by atoms with Gasteiger partial charge in [0.25, 0.3) is 5.91 Å². The van der Waals surface area contributed by atoms with Crippen LogP contribution in [0, 0.1) is 0 Å². The first-order valence-electron chi connectivity index (χ1n) is 4.93. The number of carbonyl (C=O) groups is 1. The molecule has 1 aliphatic rings. The van der Waals surface area contributed by atoms with Crippen LogP contribution >= 0.6 is 0 Å². The van der Waals surface area contributed by atoms with Gasteiger partial charge in [-0.1, -0.05) is 0 Å². The second kappa shape index (κ2) is 4.58. The maximum absolute atomic E-state index is 11.9. The van der Waals surface area contributed by atoms with E-state index < -0.39 is 30.3 Å². The molecule has 1 rings (SSSR count). The van der Waals surface area contributed by atoms with Crippen molar-refractivity contribution < 1.29 is 27.8 Å². The molecule has 0 bridgehead atoms. The molecule has 0 aliphatic carbocycles. The van der Waals surface area contributed by atoms with Gasteiger partial charge in [-0.3, -0.25) is 4.79 Å². The first kappa shape index (κ1) is 13.2. The SMILES string of the molecule is CC1(C(=O)NCC(O)C(F)(F)F)CCCO1. The third kappa shape index (κ3) is 3.08. The zero-order valence-corrected chi connectivity index (χ0v) is 8.80. The molecule has 1 heterocycles. The van der Waals surface area contributed by atoms with E-state index in [0.29, 0.717) is 19.4 Å². The van der Waals surface area contributed by atoms with Crippen LogP contribution in [0.3, 0.4) is 0 Å². The average Bonchev–Trinajstić information content (AvgIpc) is 2.60. The van der Waals surface area contributed by atoms with Crippen LogP contribution in [0.5, 0.6) is 0 Å². The molecule has 0 radical (unpaired) electrons. The Morgan fingerprint density at radius 2 is 2.25 bits per heavy atom. The number of hydrogen-bond acceptors (Lipinski definition) is 3. The number of alkyl halides is 3. The maximum Gasteiger partial charge on any atom is 0.416 e. The summed E-state index contributed by atoms with van der Waals surface area (Å²) in [5.74, 6) is -0.617. The number of rotatable bonds is 3. The number of hydrogen-bond donors (Lipinski definition) is 2. The second-order valence-corrected chi connectivity index (χ2v) is 3.95. The van der Waals surface area contributed by atoms with Gasteiger partial charge in [-0.2, -0.15) is 13.2 Å². The van der Waals surface area contributed by atoms with Gasteiger partial charge in [0, 0.05) is 6.61 Å². The largest absolute Gasteiger partial charge is 0.416 e. The molecule has 94 valence electrons. The quantitative estimate of drug-likeness (QED) is 0.760. The van der Waals surface area contributed by atoms with Crippen molar-refractivity contribution in [2.45, 2.75) is 37.6 Å². The van der Waals surface area contributed by atoms with E-state index in [1.165, 1.54) is 6.92 Å². The van der Waals surface area contributed by atoms with Crippen LogP contribution in [0.15, 0.2) is 0 Å². The number of aliphatic hydroxyl groups is 1. The first-order chi connectivity index (χ1) is 7.26. The second-order valence-electron chi connectivity index (χ2n) is 3.95. The predicted molar refractivity (Wildman–Crippen MR) is 48.7 cm³/mol. The zero-order chi connectivity index (χ0) is 12.4. The van der Waals surface area contributed by atoms with Gasteiger partial charge in [0.05, 0.1) is 6.54 Å². The highest BCUT2D eigenvalue weighted by Gasteiger charge is 2.41. The standard InChI is InChI=1S/C9H14F3NO3/c1-8(3-2-4-16-8)7(15)13-5-6(14)9(10,11)12/h6,14H,2-5H2,1H3,(H,13,15). The van der Waals surface area contributed by atoms with Crippen molar-refractivity contribution in [1.82, 2.24) is 5.32 Å². The van der Waals surface area contributed by atoms with E-state index in [4.69, 9.17) is 9.84 Å². The smallest absolute Gasteiger partial charge is 0.382 e. The van der Waals surface area contributed by atoms with Crippen LogP contribution in [-0.2, 0) is 9.53 Å².